The zero-order chi connectivity index (χ0) is 8.97. The Labute approximate surface area is 75.1 Å². The molecule has 0 unspecified atom stereocenters. The van der Waals surface area contributed by atoms with Crippen LogP contribution in [0.15, 0.2) is 12.2 Å². The fourth-order valence-electron chi connectivity index (χ4n) is 0.814. The van der Waals surface area contributed by atoms with Crippen molar-refractivity contribution >= 4 is 23.4 Å². The third-order valence-corrected chi connectivity index (χ3v) is 1.66. The van der Waals surface area contributed by atoms with Crippen molar-refractivity contribution in [3.63, 3.8) is 0 Å². The molecular weight excluding hydrogens is 180 g/mol. The average Bonchev–Trinajstić information content (AvgIpc) is 2.35. The van der Waals surface area contributed by atoms with Crippen LogP contribution in [0.4, 0.5) is 0 Å². The van der Waals surface area contributed by atoms with Crippen molar-refractivity contribution in [2.75, 3.05) is 12.4 Å². The maximum absolute atomic E-state index is 10.9. The Balaban J connectivity index is 2.33. The van der Waals surface area contributed by atoms with E-state index < -0.39 is 0 Å². The lowest BCUT2D eigenvalue weighted by Gasteiger charge is -2.13. The van der Waals surface area contributed by atoms with Crippen LogP contribution in [-0.4, -0.2) is 29.2 Å². The van der Waals surface area contributed by atoms with Gasteiger partial charge >= 0.3 is 0 Å². The Morgan fingerprint density at radius 2 is 1.92 bits per heavy atom. The van der Waals surface area contributed by atoms with Crippen LogP contribution in [0.1, 0.15) is 6.42 Å². The lowest BCUT2D eigenvalue weighted by atomic mass is 10.5. The molecule has 4 nitrogen and oxygen atoms in total. The molecule has 66 valence electrons. The Hall–Kier alpha value is -0.870. The minimum absolute atomic E-state index is 0.324. The van der Waals surface area contributed by atoms with Gasteiger partial charge in [-0.05, 0) is 6.42 Å². The first kappa shape index (κ1) is 9.22. The first-order valence-corrected chi connectivity index (χ1v) is 4.15. The molecule has 0 bridgehead atoms. The van der Waals surface area contributed by atoms with E-state index in [-0.39, 0.29) is 11.8 Å². The minimum atomic E-state index is -0.324. The predicted molar refractivity (Wildman–Crippen MR) is 44.3 cm³/mol. The van der Waals surface area contributed by atoms with Gasteiger partial charge in [0, 0.05) is 24.6 Å². The molecule has 0 radical (unpaired) electrons. The Kier molecular flexibility index (Phi) is 3.25. The Bertz CT molecular complexity index is 209. The van der Waals surface area contributed by atoms with Crippen molar-refractivity contribution in [1.82, 2.24) is 10.4 Å². The largest absolute Gasteiger partial charge is 0.268 e. The first-order chi connectivity index (χ1) is 5.75. The monoisotopic (exact) mass is 188 g/mol. The van der Waals surface area contributed by atoms with E-state index in [0.717, 1.165) is 11.4 Å². The summed E-state index contributed by atoms with van der Waals surface area (Å²) < 4.78 is 0. The number of carbonyl (C=O) groups excluding carboxylic acids is 2. The van der Waals surface area contributed by atoms with Gasteiger partial charge in [-0.25, -0.2) is 10.4 Å². The molecule has 0 atom stereocenters. The van der Waals surface area contributed by atoms with Gasteiger partial charge in [-0.2, -0.15) is 0 Å². The van der Waals surface area contributed by atoms with Crippen LogP contribution < -0.4 is 5.43 Å². The Morgan fingerprint density at radius 3 is 2.42 bits per heavy atom. The van der Waals surface area contributed by atoms with Gasteiger partial charge < -0.3 is 0 Å². The summed E-state index contributed by atoms with van der Waals surface area (Å²) in [6.07, 6.45) is 3.19. The third kappa shape index (κ3) is 2.06. The average molecular weight is 189 g/mol. The van der Waals surface area contributed by atoms with Crippen molar-refractivity contribution in [2.45, 2.75) is 6.42 Å². The van der Waals surface area contributed by atoms with Gasteiger partial charge in [-0.15, -0.1) is 11.6 Å². The van der Waals surface area contributed by atoms with Crippen LogP contribution in [0, 0.1) is 0 Å². The van der Waals surface area contributed by atoms with E-state index in [2.05, 4.69) is 5.43 Å². The summed E-state index contributed by atoms with van der Waals surface area (Å²) in [5.41, 5.74) is 2.67. The van der Waals surface area contributed by atoms with Crippen molar-refractivity contribution in [3.05, 3.63) is 12.2 Å². The third-order valence-electron chi connectivity index (χ3n) is 1.39. The van der Waals surface area contributed by atoms with Gasteiger partial charge in [-0.3, -0.25) is 9.59 Å². The number of hydrogen-bond acceptors (Lipinski definition) is 3. The fourth-order valence-corrected chi connectivity index (χ4v) is 0.947. The zero-order valence-electron chi connectivity index (χ0n) is 6.42. The molecule has 0 aromatic heterocycles. The first-order valence-electron chi connectivity index (χ1n) is 3.61. The standard InChI is InChI=1S/C7H9ClN2O2/c8-4-1-5-9-10-6(11)2-3-7(10)12/h2-3,9H,1,4-5H2. The summed E-state index contributed by atoms with van der Waals surface area (Å²) >= 11 is 5.42. The van der Waals surface area contributed by atoms with E-state index in [1.54, 1.807) is 0 Å². The number of carbonyl (C=O) groups is 2. The Morgan fingerprint density at radius 1 is 1.33 bits per heavy atom. The lowest BCUT2D eigenvalue weighted by Crippen LogP contribution is -2.43. The maximum Gasteiger partial charge on any atom is 0.268 e. The summed E-state index contributed by atoms with van der Waals surface area (Å²) in [4.78, 5) is 21.8. The minimum Gasteiger partial charge on any atom is -0.268 e. The van der Waals surface area contributed by atoms with E-state index in [9.17, 15) is 9.59 Å². The number of halogens is 1. The molecule has 0 aromatic rings. The van der Waals surface area contributed by atoms with Crippen LogP contribution in [0.3, 0.4) is 0 Å². The van der Waals surface area contributed by atoms with Crippen molar-refractivity contribution in [2.24, 2.45) is 0 Å². The van der Waals surface area contributed by atoms with Crippen LogP contribution in [-0.2, 0) is 9.59 Å². The smallest absolute Gasteiger partial charge is 0.268 e. The highest BCUT2D eigenvalue weighted by Crippen LogP contribution is 1.99. The molecule has 5 heteroatoms. The second-order valence-corrected chi connectivity index (χ2v) is 2.67. The molecule has 2 amide bonds. The highest BCUT2D eigenvalue weighted by molar-refractivity contribution is 6.17. The number of hydrazine groups is 1. The molecule has 1 rings (SSSR count). The predicted octanol–water partition coefficient (Wildman–Crippen LogP) is 0.0449. The molecule has 1 aliphatic rings. The number of hydrogen-bond donors (Lipinski definition) is 1. The topological polar surface area (TPSA) is 49.4 Å². The van der Waals surface area contributed by atoms with Crippen LogP contribution in [0.5, 0.6) is 0 Å². The van der Waals surface area contributed by atoms with E-state index in [4.69, 9.17) is 11.6 Å². The van der Waals surface area contributed by atoms with Gasteiger partial charge in [0.15, 0.2) is 0 Å². The van der Waals surface area contributed by atoms with Crippen molar-refractivity contribution < 1.29 is 9.59 Å². The van der Waals surface area contributed by atoms with Crippen molar-refractivity contribution in [3.8, 4) is 0 Å². The van der Waals surface area contributed by atoms with E-state index >= 15 is 0 Å². The molecule has 0 saturated heterocycles. The number of alkyl halides is 1. The van der Waals surface area contributed by atoms with E-state index in [1.807, 2.05) is 0 Å². The van der Waals surface area contributed by atoms with Gasteiger partial charge in [0.05, 0.1) is 0 Å². The van der Waals surface area contributed by atoms with E-state index in [0.29, 0.717) is 12.4 Å². The molecule has 1 heterocycles. The van der Waals surface area contributed by atoms with Crippen LogP contribution in [0.2, 0.25) is 0 Å². The summed E-state index contributed by atoms with van der Waals surface area (Å²) in [7, 11) is 0. The second-order valence-electron chi connectivity index (χ2n) is 2.30. The molecule has 12 heavy (non-hydrogen) atoms. The second kappa shape index (κ2) is 4.23. The number of nitrogens with one attached hydrogen (secondary N) is 1. The fraction of sp³-hybridized carbons (Fsp3) is 0.429. The van der Waals surface area contributed by atoms with Crippen molar-refractivity contribution in [1.29, 1.82) is 0 Å². The highest BCUT2D eigenvalue weighted by Gasteiger charge is 2.22. The molecule has 0 aliphatic carbocycles. The number of nitrogens with zero attached hydrogens (tertiary/aromatic N) is 1. The number of imide groups is 1. The van der Waals surface area contributed by atoms with Gasteiger partial charge in [0.2, 0.25) is 0 Å². The quantitative estimate of drug-likeness (QED) is 0.385. The molecule has 1 N–H and O–H groups in total. The van der Waals surface area contributed by atoms with Crippen LogP contribution in [0.25, 0.3) is 0 Å². The lowest BCUT2D eigenvalue weighted by molar-refractivity contribution is -0.140. The van der Waals surface area contributed by atoms with Gasteiger partial charge in [-0.1, -0.05) is 0 Å². The molecule has 0 spiro atoms. The van der Waals surface area contributed by atoms with Crippen LogP contribution >= 0.6 is 11.6 Å². The molecule has 1 aliphatic heterocycles. The molecule has 0 aromatic carbocycles. The molecule has 0 saturated carbocycles. The number of amides is 2. The SMILES string of the molecule is O=C1C=CC(=O)N1NCCCCl. The maximum atomic E-state index is 10.9. The normalized spacial score (nSPS) is 16.2. The summed E-state index contributed by atoms with van der Waals surface area (Å²) in [5, 5.41) is 0.979. The summed E-state index contributed by atoms with van der Waals surface area (Å²) in [6, 6.07) is 0. The number of rotatable bonds is 4. The molecule has 0 fully saturated rings. The van der Waals surface area contributed by atoms with Gasteiger partial charge in [0.1, 0.15) is 0 Å². The summed E-state index contributed by atoms with van der Waals surface area (Å²) in [5.74, 6) is -0.138. The van der Waals surface area contributed by atoms with Gasteiger partial charge in [0.25, 0.3) is 11.8 Å². The highest BCUT2D eigenvalue weighted by atomic mass is 35.5. The van der Waals surface area contributed by atoms with E-state index in [1.165, 1.54) is 12.2 Å². The zero-order valence-corrected chi connectivity index (χ0v) is 7.17. The summed E-state index contributed by atoms with van der Waals surface area (Å²) in [6.45, 7) is 0.530. The molecular formula is C7H9ClN2O2.